The first-order valence-corrected chi connectivity index (χ1v) is 13.5. The molecule has 1 saturated heterocycles. The molecule has 1 heterocycles. The molecule has 17 heavy (non-hydrogen) atoms. The van der Waals surface area contributed by atoms with Crippen molar-refractivity contribution < 1.29 is 4.12 Å². The Bertz CT molecular complexity index is 241. The Balaban J connectivity index is 1.94. The molecule has 1 saturated carbocycles. The number of hydrogen-bond acceptors (Lipinski definition) is 1. The topological polar surface area (TPSA) is 9.23 Å². The fourth-order valence-corrected chi connectivity index (χ4v) is 14.5. The third-order valence-electron chi connectivity index (χ3n) is 5.01. The van der Waals surface area contributed by atoms with E-state index in [2.05, 4.69) is 19.6 Å². The first-order valence-electron chi connectivity index (χ1n) is 7.72. The van der Waals surface area contributed by atoms with Gasteiger partial charge in [0.2, 0.25) is 0 Å². The van der Waals surface area contributed by atoms with Crippen molar-refractivity contribution in [1.82, 2.24) is 0 Å². The van der Waals surface area contributed by atoms with E-state index in [1.54, 1.807) is 0 Å². The van der Waals surface area contributed by atoms with Crippen LogP contribution < -0.4 is 0 Å². The standard InChI is InChI=1S/C14H30OSi2/c1-16(2,14-10-6-4-7-11-14)15-17(3)12-8-5-9-13-17/h14H,4-13H2,1-3H3. The second-order valence-electron chi connectivity index (χ2n) is 7.05. The van der Waals surface area contributed by atoms with Crippen LogP contribution in [0.4, 0.5) is 0 Å². The molecule has 2 rings (SSSR count). The summed E-state index contributed by atoms with van der Waals surface area (Å²) < 4.78 is 6.88. The summed E-state index contributed by atoms with van der Waals surface area (Å²) in [5.74, 6) is 0. The van der Waals surface area contributed by atoms with Gasteiger partial charge in [-0.05, 0) is 37.3 Å². The van der Waals surface area contributed by atoms with Crippen LogP contribution in [0.3, 0.4) is 0 Å². The van der Waals surface area contributed by atoms with Gasteiger partial charge >= 0.3 is 0 Å². The van der Waals surface area contributed by atoms with Gasteiger partial charge in [-0.2, -0.15) is 0 Å². The van der Waals surface area contributed by atoms with Gasteiger partial charge in [-0.15, -0.1) is 0 Å². The zero-order chi connectivity index (χ0) is 12.4. The van der Waals surface area contributed by atoms with Gasteiger partial charge in [0.1, 0.15) is 0 Å². The molecule has 2 aliphatic rings. The summed E-state index contributed by atoms with van der Waals surface area (Å²) in [4.78, 5) is 0. The Kier molecular flexibility index (Phi) is 4.53. The molecule has 0 atom stereocenters. The average Bonchev–Trinajstić information content (AvgIpc) is 2.30. The Labute approximate surface area is 110 Å². The van der Waals surface area contributed by atoms with E-state index < -0.39 is 16.6 Å². The molecule has 2 fully saturated rings. The van der Waals surface area contributed by atoms with Gasteiger partial charge in [0, 0.05) is 0 Å². The van der Waals surface area contributed by atoms with E-state index in [1.165, 1.54) is 63.5 Å². The summed E-state index contributed by atoms with van der Waals surface area (Å²) in [6, 6.07) is 2.88. The molecular weight excluding hydrogens is 240 g/mol. The summed E-state index contributed by atoms with van der Waals surface area (Å²) in [7, 11) is -2.69. The molecule has 0 N–H and O–H groups in total. The quantitative estimate of drug-likeness (QED) is 0.632. The van der Waals surface area contributed by atoms with Gasteiger partial charge in [0.25, 0.3) is 0 Å². The lowest BCUT2D eigenvalue weighted by molar-refractivity contribution is 0.426. The molecule has 0 radical (unpaired) electrons. The van der Waals surface area contributed by atoms with Gasteiger partial charge in [0.15, 0.2) is 16.6 Å². The van der Waals surface area contributed by atoms with Crippen LogP contribution in [0, 0.1) is 0 Å². The van der Waals surface area contributed by atoms with Crippen LogP contribution in [-0.4, -0.2) is 16.6 Å². The molecule has 0 unspecified atom stereocenters. The lowest BCUT2D eigenvalue weighted by Gasteiger charge is -2.43. The van der Waals surface area contributed by atoms with Gasteiger partial charge in [-0.25, -0.2) is 0 Å². The maximum atomic E-state index is 6.88. The summed E-state index contributed by atoms with van der Waals surface area (Å²) in [5.41, 5.74) is 0.961. The summed E-state index contributed by atoms with van der Waals surface area (Å²) >= 11 is 0. The molecule has 3 heteroatoms. The van der Waals surface area contributed by atoms with E-state index >= 15 is 0 Å². The van der Waals surface area contributed by atoms with E-state index in [9.17, 15) is 0 Å². The SMILES string of the molecule is C[Si]1(O[Si](C)(C)C2CCCCC2)CCCCC1. The van der Waals surface area contributed by atoms with E-state index in [0.29, 0.717) is 0 Å². The van der Waals surface area contributed by atoms with Crippen molar-refractivity contribution >= 4 is 16.6 Å². The third kappa shape index (κ3) is 3.68. The Morgan fingerprint density at radius 3 is 2.00 bits per heavy atom. The predicted molar refractivity (Wildman–Crippen MR) is 80.5 cm³/mol. The van der Waals surface area contributed by atoms with Crippen molar-refractivity contribution in [2.24, 2.45) is 0 Å². The Morgan fingerprint density at radius 1 is 0.882 bits per heavy atom. The van der Waals surface area contributed by atoms with Gasteiger partial charge in [-0.1, -0.05) is 51.4 Å². The Morgan fingerprint density at radius 2 is 1.41 bits per heavy atom. The molecule has 1 aliphatic carbocycles. The fraction of sp³-hybridized carbons (Fsp3) is 1.00. The molecule has 0 aromatic rings. The van der Waals surface area contributed by atoms with Gasteiger partial charge in [-0.3, -0.25) is 0 Å². The van der Waals surface area contributed by atoms with Crippen molar-refractivity contribution in [2.45, 2.75) is 88.6 Å². The molecule has 0 spiro atoms. The summed E-state index contributed by atoms with van der Waals surface area (Å²) in [5, 5.41) is 0. The second-order valence-corrected chi connectivity index (χ2v) is 15.8. The van der Waals surface area contributed by atoms with Crippen molar-refractivity contribution in [3.63, 3.8) is 0 Å². The monoisotopic (exact) mass is 270 g/mol. The highest BCUT2D eigenvalue weighted by atomic mass is 28.4. The molecule has 0 aromatic carbocycles. The first-order chi connectivity index (χ1) is 8.02. The minimum absolute atomic E-state index is 0.961. The van der Waals surface area contributed by atoms with Crippen molar-refractivity contribution in [1.29, 1.82) is 0 Å². The maximum absolute atomic E-state index is 6.88. The lowest BCUT2D eigenvalue weighted by Crippen LogP contribution is -2.50. The second kappa shape index (κ2) is 5.58. The van der Waals surface area contributed by atoms with Crippen molar-refractivity contribution in [3.8, 4) is 0 Å². The fourth-order valence-electron chi connectivity index (χ4n) is 3.92. The van der Waals surface area contributed by atoms with E-state index in [4.69, 9.17) is 4.12 Å². The minimum Gasteiger partial charge on any atom is -0.455 e. The van der Waals surface area contributed by atoms with Crippen LogP contribution in [0.25, 0.3) is 0 Å². The van der Waals surface area contributed by atoms with Crippen LogP contribution >= 0.6 is 0 Å². The highest BCUT2D eigenvalue weighted by molar-refractivity contribution is 6.86. The van der Waals surface area contributed by atoms with Crippen LogP contribution in [0.15, 0.2) is 0 Å². The maximum Gasteiger partial charge on any atom is 0.176 e. The minimum atomic E-state index is -1.40. The van der Waals surface area contributed by atoms with Crippen molar-refractivity contribution in [3.05, 3.63) is 0 Å². The normalized spacial score (nSPS) is 27.0. The number of rotatable bonds is 3. The third-order valence-corrected chi connectivity index (χ3v) is 14.5. The molecule has 1 nitrogen and oxygen atoms in total. The largest absolute Gasteiger partial charge is 0.455 e. The molecule has 100 valence electrons. The van der Waals surface area contributed by atoms with Crippen LogP contribution in [0.2, 0.25) is 37.3 Å². The predicted octanol–water partition coefficient (Wildman–Crippen LogP) is 5.30. The lowest BCUT2D eigenvalue weighted by atomic mass is 10.0. The summed E-state index contributed by atoms with van der Waals surface area (Å²) in [6.07, 6.45) is 11.7. The van der Waals surface area contributed by atoms with E-state index in [0.717, 1.165) is 5.54 Å². The smallest absolute Gasteiger partial charge is 0.176 e. The molecule has 0 aromatic heterocycles. The zero-order valence-electron chi connectivity index (χ0n) is 12.1. The van der Waals surface area contributed by atoms with Crippen molar-refractivity contribution in [2.75, 3.05) is 0 Å². The molecule has 0 amide bonds. The van der Waals surface area contributed by atoms with Crippen LogP contribution in [0.1, 0.15) is 51.4 Å². The van der Waals surface area contributed by atoms with E-state index in [-0.39, 0.29) is 0 Å². The van der Waals surface area contributed by atoms with Crippen LogP contribution in [0.5, 0.6) is 0 Å². The highest BCUT2D eigenvalue weighted by Crippen LogP contribution is 2.41. The van der Waals surface area contributed by atoms with Gasteiger partial charge < -0.3 is 4.12 Å². The summed E-state index contributed by atoms with van der Waals surface area (Å²) in [6.45, 7) is 7.54. The first kappa shape index (κ1) is 13.8. The van der Waals surface area contributed by atoms with Crippen LogP contribution in [-0.2, 0) is 4.12 Å². The Hall–Kier alpha value is 0.394. The average molecular weight is 271 g/mol. The zero-order valence-corrected chi connectivity index (χ0v) is 14.1. The molecule has 0 bridgehead atoms. The highest BCUT2D eigenvalue weighted by Gasteiger charge is 2.42. The molecular formula is C14H30OSi2. The molecule has 1 aliphatic heterocycles. The van der Waals surface area contributed by atoms with E-state index in [1.807, 2.05) is 0 Å². The number of hydrogen-bond donors (Lipinski definition) is 0. The van der Waals surface area contributed by atoms with Gasteiger partial charge in [0.05, 0.1) is 0 Å².